The summed E-state index contributed by atoms with van der Waals surface area (Å²) in [6, 6.07) is 11.6. The molecule has 3 rings (SSSR count). The van der Waals surface area contributed by atoms with Gasteiger partial charge in [0.25, 0.3) is 0 Å². The monoisotopic (exact) mass is 294 g/mol. The molecular weight excluding hydrogens is 276 g/mol. The van der Waals surface area contributed by atoms with E-state index in [2.05, 4.69) is 29.3 Å². The number of aromatic nitrogens is 4. The summed E-state index contributed by atoms with van der Waals surface area (Å²) >= 11 is 0. The van der Waals surface area contributed by atoms with Gasteiger partial charge in [0.15, 0.2) is 0 Å². The highest BCUT2D eigenvalue weighted by Gasteiger charge is 2.20. The Kier molecular flexibility index (Phi) is 3.87. The number of rotatable bonds is 3. The van der Waals surface area contributed by atoms with Gasteiger partial charge in [-0.15, -0.1) is 0 Å². The third kappa shape index (κ3) is 2.57. The number of nitrogens with zero attached hydrogens (tertiary/aromatic N) is 4. The van der Waals surface area contributed by atoms with Crippen LogP contribution in [0, 0.1) is 6.92 Å². The van der Waals surface area contributed by atoms with E-state index >= 15 is 0 Å². The summed E-state index contributed by atoms with van der Waals surface area (Å²) in [6.45, 7) is 4.03. The first kappa shape index (κ1) is 14.3. The van der Waals surface area contributed by atoms with Crippen LogP contribution in [0.15, 0.2) is 48.8 Å². The molecule has 0 bridgehead atoms. The van der Waals surface area contributed by atoms with Gasteiger partial charge in [-0.3, -0.25) is 0 Å². The van der Waals surface area contributed by atoms with Gasteiger partial charge < -0.3 is 0 Å². The first-order chi connectivity index (χ1) is 10.7. The minimum Gasteiger partial charge on any atom is -0.244 e. The van der Waals surface area contributed by atoms with Crippen LogP contribution in [-0.2, 0) is 12.8 Å². The summed E-state index contributed by atoms with van der Waals surface area (Å²) in [5.74, 6) is 0. The van der Waals surface area contributed by atoms with Crippen molar-refractivity contribution in [3.63, 3.8) is 0 Å². The molecule has 0 fully saturated rings. The molecule has 0 radical (unpaired) electrons. The van der Waals surface area contributed by atoms with Crippen LogP contribution in [0.5, 0.6) is 0 Å². The van der Waals surface area contributed by atoms with Crippen LogP contribution in [0.3, 0.4) is 0 Å². The van der Waals surface area contributed by atoms with E-state index in [1.54, 1.807) is 18.5 Å². The van der Waals surface area contributed by atoms with Crippen LogP contribution in [-0.4, -0.2) is 25.6 Å². The predicted molar refractivity (Wildman–Crippen MR) is 84.0 cm³/mol. The molecule has 0 saturated heterocycles. The minimum absolute atomic E-state index is 0.251. The van der Waals surface area contributed by atoms with E-state index in [1.165, 1.54) is 9.36 Å². The van der Waals surface area contributed by atoms with Crippen molar-refractivity contribution in [2.45, 2.75) is 26.7 Å². The fourth-order valence-corrected chi connectivity index (χ4v) is 2.68. The topological polar surface area (TPSA) is 52.7 Å². The molecule has 0 unspecified atom stereocenters. The summed E-state index contributed by atoms with van der Waals surface area (Å²) in [5, 5.41) is 8.45. The Bertz CT molecular complexity index is 773. The largest absolute Gasteiger partial charge is 0.369 e. The molecule has 0 atom stereocenters. The van der Waals surface area contributed by atoms with Crippen molar-refractivity contribution in [1.29, 1.82) is 0 Å². The second-order valence-corrected chi connectivity index (χ2v) is 5.17. The Morgan fingerprint density at radius 1 is 1.18 bits per heavy atom. The van der Waals surface area contributed by atoms with Crippen molar-refractivity contribution in [3.8, 4) is 0 Å². The highest BCUT2D eigenvalue weighted by molar-refractivity contribution is 5.78. The van der Waals surface area contributed by atoms with E-state index in [0.717, 1.165) is 28.9 Å². The summed E-state index contributed by atoms with van der Waals surface area (Å²) in [5.41, 5.74) is 4.12. The van der Waals surface area contributed by atoms with E-state index in [4.69, 9.17) is 0 Å². The van der Waals surface area contributed by atoms with Crippen LogP contribution in [0.25, 0.3) is 0 Å². The lowest BCUT2D eigenvalue weighted by Gasteiger charge is -2.08. The Morgan fingerprint density at radius 3 is 2.59 bits per heavy atom. The molecule has 5 heteroatoms. The number of benzene rings is 1. The van der Waals surface area contributed by atoms with Crippen LogP contribution in [0.4, 0.5) is 4.79 Å². The number of hydrogen-bond donors (Lipinski definition) is 0. The number of carbonyl (C=O) groups excluding carboxylic acids is 1. The summed E-state index contributed by atoms with van der Waals surface area (Å²) in [7, 11) is 0. The maximum absolute atomic E-state index is 12.6. The molecule has 112 valence electrons. The highest BCUT2D eigenvalue weighted by Crippen LogP contribution is 2.19. The second-order valence-electron chi connectivity index (χ2n) is 5.17. The zero-order valence-electron chi connectivity index (χ0n) is 12.7. The molecule has 22 heavy (non-hydrogen) atoms. The van der Waals surface area contributed by atoms with Gasteiger partial charge in [-0.1, -0.05) is 37.3 Å². The van der Waals surface area contributed by atoms with Crippen molar-refractivity contribution >= 4 is 6.03 Å². The number of carbonyl (C=O) groups is 1. The Labute approximate surface area is 129 Å². The van der Waals surface area contributed by atoms with Gasteiger partial charge in [0.2, 0.25) is 0 Å². The molecule has 0 N–H and O–H groups in total. The lowest BCUT2D eigenvalue weighted by atomic mass is 10.0. The number of aryl methyl sites for hydroxylation is 1. The molecule has 0 amide bonds. The first-order valence-corrected chi connectivity index (χ1v) is 7.36. The molecular formula is C17H18N4O. The first-order valence-electron chi connectivity index (χ1n) is 7.36. The minimum atomic E-state index is -0.251. The molecule has 0 spiro atoms. The fraction of sp³-hybridized carbons (Fsp3) is 0.235. The average Bonchev–Trinajstić information content (AvgIpc) is 3.16. The van der Waals surface area contributed by atoms with Crippen molar-refractivity contribution in [3.05, 3.63) is 71.3 Å². The third-order valence-corrected chi connectivity index (χ3v) is 3.74. The summed E-state index contributed by atoms with van der Waals surface area (Å²) in [4.78, 5) is 12.6. The zero-order valence-corrected chi connectivity index (χ0v) is 12.7. The molecule has 5 nitrogen and oxygen atoms in total. The quantitative estimate of drug-likeness (QED) is 0.746. The van der Waals surface area contributed by atoms with Gasteiger partial charge in [0.1, 0.15) is 0 Å². The van der Waals surface area contributed by atoms with E-state index in [-0.39, 0.29) is 6.03 Å². The maximum Gasteiger partial charge on any atom is 0.369 e. The van der Waals surface area contributed by atoms with E-state index < -0.39 is 0 Å². The van der Waals surface area contributed by atoms with Gasteiger partial charge in [-0.05, 0) is 30.5 Å². The van der Waals surface area contributed by atoms with Crippen molar-refractivity contribution < 1.29 is 4.79 Å². The molecule has 0 aliphatic carbocycles. The van der Waals surface area contributed by atoms with E-state index in [1.807, 2.05) is 25.1 Å². The SMILES string of the molecule is CCc1c(C)nn(C(=O)n2cccn2)c1Cc1ccccc1. The lowest BCUT2D eigenvalue weighted by Crippen LogP contribution is -2.23. The Hall–Kier alpha value is -2.69. The molecule has 2 aromatic heterocycles. The van der Waals surface area contributed by atoms with Crippen molar-refractivity contribution in [2.24, 2.45) is 0 Å². The molecule has 2 heterocycles. The van der Waals surface area contributed by atoms with Crippen LogP contribution in [0.2, 0.25) is 0 Å². The lowest BCUT2D eigenvalue weighted by molar-refractivity contribution is 0.237. The van der Waals surface area contributed by atoms with Gasteiger partial charge in [0, 0.05) is 18.8 Å². The zero-order chi connectivity index (χ0) is 15.5. The Balaban J connectivity index is 2.05. The second kappa shape index (κ2) is 5.97. The summed E-state index contributed by atoms with van der Waals surface area (Å²) in [6.07, 6.45) is 4.75. The van der Waals surface area contributed by atoms with Crippen LogP contribution >= 0.6 is 0 Å². The molecule has 0 aliphatic heterocycles. The van der Waals surface area contributed by atoms with Crippen molar-refractivity contribution in [1.82, 2.24) is 19.6 Å². The molecule has 1 aromatic carbocycles. The van der Waals surface area contributed by atoms with Crippen LogP contribution in [0.1, 0.15) is 29.4 Å². The predicted octanol–water partition coefficient (Wildman–Crippen LogP) is 3.06. The van der Waals surface area contributed by atoms with E-state index in [9.17, 15) is 4.79 Å². The fourth-order valence-electron chi connectivity index (χ4n) is 2.68. The number of hydrogen-bond acceptors (Lipinski definition) is 3. The summed E-state index contributed by atoms with van der Waals surface area (Å²) < 4.78 is 2.79. The van der Waals surface area contributed by atoms with E-state index in [0.29, 0.717) is 6.42 Å². The van der Waals surface area contributed by atoms with Gasteiger partial charge >= 0.3 is 6.03 Å². The standard InChI is InChI=1S/C17H18N4O/c1-3-15-13(2)19-21(17(22)20-11-7-10-18-20)16(15)12-14-8-5-4-6-9-14/h4-11H,3,12H2,1-2H3. The van der Waals surface area contributed by atoms with Gasteiger partial charge in [-0.25, -0.2) is 4.79 Å². The third-order valence-electron chi connectivity index (χ3n) is 3.74. The smallest absolute Gasteiger partial charge is 0.244 e. The van der Waals surface area contributed by atoms with Crippen molar-refractivity contribution in [2.75, 3.05) is 0 Å². The molecule has 3 aromatic rings. The van der Waals surface area contributed by atoms with Gasteiger partial charge in [-0.2, -0.15) is 19.6 Å². The normalized spacial score (nSPS) is 10.8. The molecule has 0 aliphatic rings. The van der Waals surface area contributed by atoms with Gasteiger partial charge in [0.05, 0.1) is 11.4 Å². The highest BCUT2D eigenvalue weighted by atomic mass is 16.2. The molecule has 0 saturated carbocycles. The maximum atomic E-state index is 12.6. The van der Waals surface area contributed by atoms with Crippen LogP contribution < -0.4 is 0 Å². The Morgan fingerprint density at radius 2 is 1.95 bits per heavy atom. The average molecular weight is 294 g/mol.